The van der Waals surface area contributed by atoms with Crippen molar-refractivity contribution in [2.45, 2.75) is 71.6 Å². The highest BCUT2D eigenvalue weighted by atomic mass is 16.5. The van der Waals surface area contributed by atoms with Gasteiger partial charge in [0, 0.05) is 6.92 Å². The van der Waals surface area contributed by atoms with Crippen molar-refractivity contribution in [2.24, 2.45) is 0 Å². The van der Waals surface area contributed by atoms with Crippen LogP contribution in [0.4, 0.5) is 0 Å². The third kappa shape index (κ3) is 15.8. The fourth-order valence-electron chi connectivity index (χ4n) is 2.33. The Morgan fingerprint density at radius 2 is 1.41 bits per heavy atom. The molecule has 0 saturated carbocycles. The molecule has 0 aromatic rings. The molecule has 0 aromatic carbocycles. The van der Waals surface area contributed by atoms with E-state index in [9.17, 15) is 4.79 Å². The first kappa shape index (κ1) is 21.4. The van der Waals surface area contributed by atoms with E-state index in [4.69, 9.17) is 9.47 Å². The second kappa shape index (κ2) is 14.0. The maximum Gasteiger partial charge on any atom is 0.302 e. The second-order valence-corrected chi connectivity index (χ2v) is 6.87. The Kier molecular flexibility index (Phi) is 13.6. The molecule has 0 aliphatic heterocycles. The number of likely N-dealkylation sites (N-methyl/N-ethyl adjacent to an activating group) is 1. The zero-order valence-electron chi connectivity index (χ0n) is 15.4. The van der Waals surface area contributed by atoms with Crippen molar-refractivity contribution in [3.8, 4) is 0 Å². The van der Waals surface area contributed by atoms with Gasteiger partial charge in [-0.3, -0.25) is 4.79 Å². The molecule has 22 heavy (non-hydrogen) atoms. The van der Waals surface area contributed by atoms with E-state index in [1.165, 1.54) is 58.3 Å². The van der Waals surface area contributed by atoms with Crippen LogP contribution in [0.5, 0.6) is 0 Å². The zero-order valence-corrected chi connectivity index (χ0v) is 15.4. The number of hydrogen-bond acceptors (Lipinski definition) is 3. The van der Waals surface area contributed by atoms with Gasteiger partial charge in [-0.15, -0.1) is 0 Å². The Bertz CT molecular complexity index is 267. The lowest BCUT2D eigenvalue weighted by molar-refractivity contribution is -0.909. The predicted octanol–water partition coefficient (Wildman–Crippen LogP) is 4.13. The molecule has 0 fully saturated rings. The number of rotatable bonds is 15. The molecule has 4 nitrogen and oxygen atoms in total. The monoisotopic (exact) mass is 316 g/mol. The maximum absolute atomic E-state index is 10.7. The summed E-state index contributed by atoms with van der Waals surface area (Å²) >= 11 is 0. The van der Waals surface area contributed by atoms with Gasteiger partial charge in [0.05, 0.1) is 20.7 Å². The average molecular weight is 317 g/mol. The lowest BCUT2D eigenvalue weighted by Gasteiger charge is -2.28. The summed E-state index contributed by atoms with van der Waals surface area (Å²) in [5.74, 6) is -0.212. The quantitative estimate of drug-likeness (QED) is 0.197. The van der Waals surface area contributed by atoms with Gasteiger partial charge in [0.1, 0.15) is 13.2 Å². The molecule has 132 valence electrons. The molecular formula is C18H38NO3+. The van der Waals surface area contributed by atoms with Crippen LogP contribution in [0.2, 0.25) is 0 Å². The number of unbranched alkanes of at least 4 members (excludes halogenated alkanes) is 8. The molecule has 0 spiro atoms. The molecule has 0 atom stereocenters. The van der Waals surface area contributed by atoms with E-state index in [-0.39, 0.29) is 5.97 Å². The van der Waals surface area contributed by atoms with Gasteiger partial charge in [-0.1, -0.05) is 58.3 Å². The minimum atomic E-state index is -0.212. The van der Waals surface area contributed by atoms with E-state index >= 15 is 0 Å². The lowest BCUT2D eigenvalue weighted by atomic mass is 10.1. The van der Waals surface area contributed by atoms with Crippen LogP contribution in [0.3, 0.4) is 0 Å². The highest BCUT2D eigenvalue weighted by Gasteiger charge is 2.15. The molecule has 0 saturated heterocycles. The molecule has 0 rings (SSSR count). The van der Waals surface area contributed by atoms with Crippen LogP contribution in [0, 0.1) is 0 Å². The SMILES string of the molecule is CCCCCCCCCCCOC[N+](C)(C)CCOC(C)=O. The molecule has 0 aliphatic rings. The third-order valence-electron chi connectivity index (χ3n) is 3.83. The van der Waals surface area contributed by atoms with E-state index in [0.29, 0.717) is 13.3 Å². The average Bonchev–Trinajstić information content (AvgIpc) is 2.44. The van der Waals surface area contributed by atoms with Gasteiger partial charge in [-0.2, -0.15) is 0 Å². The first-order valence-corrected chi connectivity index (χ1v) is 9.01. The van der Waals surface area contributed by atoms with Gasteiger partial charge in [-0.05, 0) is 6.42 Å². The number of hydrogen-bond donors (Lipinski definition) is 0. The van der Waals surface area contributed by atoms with Crippen LogP contribution in [-0.2, 0) is 14.3 Å². The maximum atomic E-state index is 10.7. The molecule has 0 amide bonds. The van der Waals surface area contributed by atoms with Gasteiger partial charge in [-0.25, -0.2) is 0 Å². The molecule has 0 N–H and O–H groups in total. The largest absolute Gasteiger partial charge is 0.460 e. The number of carbonyl (C=O) groups is 1. The van der Waals surface area contributed by atoms with Crippen molar-refractivity contribution in [1.82, 2.24) is 0 Å². The number of quaternary nitrogens is 1. The smallest absolute Gasteiger partial charge is 0.302 e. The van der Waals surface area contributed by atoms with Crippen molar-refractivity contribution in [3.05, 3.63) is 0 Å². The molecule has 0 heterocycles. The Morgan fingerprint density at radius 3 is 1.95 bits per heavy atom. The van der Waals surface area contributed by atoms with Gasteiger partial charge in [0.2, 0.25) is 0 Å². The molecule has 0 aromatic heterocycles. The van der Waals surface area contributed by atoms with Gasteiger partial charge in [0.25, 0.3) is 0 Å². The number of ether oxygens (including phenoxy) is 2. The molecule has 0 bridgehead atoms. The van der Waals surface area contributed by atoms with Crippen LogP contribution < -0.4 is 0 Å². The molecular weight excluding hydrogens is 278 g/mol. The summed E-state index contributed by atoms with van der Waals surface area (Å²) in [6.07, 6.45) is 12.0. The van der Waals surface area contributed by atoms with Crippen molar-refractivity contribution < 1.29 is 18.8 Å². The van der Waals surface area contributed by atoms with Crippen LogP contribution in [0.15, 0.2) is 0 Å². The lowest BCUT2D eigenvalue weighted by Crippen LogP contribution is -2.44. The fraction of sp³-hybridized carbons (Fsp3) is 0.944. The summed E-state index contributed by atoms with van der Waals surface area (Å²) in [5, 5.41) is 0. The molecule has 0 radical (unpaired) electrons. The number of carbonyl (C=O) groups excluding carboxylic acids is 1. The topological polar surface area (TPSA) is 35.5 Å². The normalized spacial score (nSPS) is 11.6. The van der Waals surface area contributed by atoms with E-state index in [1.54, 1.807) is 0 Å². The van der Waals surface area contributed by atoms with E-state index < -0.39 is 0 Å². The Hall–Kier alpha value is -0.610. The van der Waals surface area contributed by atoms with Crippen molar-refractivity contribution in [3.63, 3.8) is 0 Å². The summed E-state index contributed by atoms with van der Waals surface area (Å²) in [7, 11) is 4.19. The molecule has 0 unspecified atom stereocenters. The van der Waals surface area contributed by atoms with Crippen LogP contribution in [-0.4, -0.2) is 51.0 Å². The summed E-state index contributed by atoms with van der Waals surface area (Å²) in [6, 6.07) is 0. The molecule has 0 aliphatic carbocycles. The van der Waals surface area contributed by atoms with Gasteiger partial charge >= 0.3 is 5.97 Å². The first-order chi connectivity index (χ1) is 10.5. The zero-order chi connectivity index (χ0) is 16.7. The summed E-state index contributed by atoms with van der Waals surface area (Å²) < 4.78 is 11.4. The van der Waals surface area contributed by atoms with Crippen molar-refractivity contribution in [1.29, 1.82) is 0 Å². The third-order valence-corrected chi connectivity index (χ3v) is 3.83. The second-order valence-electron chi connectivity index (χ2n) is 6.87. The number of esters is 1. The first-order valence-electron chi connectivity index (χ1n) is 9.01. The van der Waals surface area contributed by atoms with E-state index in [0.717, 1.165) is 24.1 Å². The van der Waals surface area contributed by atoms with Crippen LogP contribution in [0.1, 0.15) is 71.6 Å². The summed E-state index contributed by atoms with van der Waals surface area (Å²) in [5.41, 5.74) is 0. The minimum Gasteiger partial charge on any atom is -0.460 e. The molecule has 4 heteroatoms. The van der Waals surface area contributed by atoms with Crippen LogP contribution in [0.25, 0.3) is 0 Å². The van der Waals surface area contributed by atoms with Crippen LogP contribution >= 0.6 is 0 Å². The Morgan fingerprint density at radius 1 is 0.864 bits per heavy atom. The van der Waals surface area contributed by atoms with E-state index in [2.05, 4.69) is 21.0 Å². The minimum absolute atomic E-state index is 0.212. The van der Waals surface area contributed by atoms with Gasteiger partial charge < -0.3 is 14.0 Å². The standard InChI is InChI=1S/C18H38NO3/c1-5-6-7-8-9-10-11-12-13-15-21-17-19(3,4)14-16-22-18(2)20/h5-17H2,1-4H3/q+1. The highest BCUT2D eigenvalue weighted by Crippen LogP contribution is 2.09. The fourth-order valence-corrected chi connectivity index (χ4v) is 2.33. The Labute approximate surface area is 137 Å². The highest BCUT2D eigenvalue weighted by molar-refractivity contribution is 5.65. The summed E-state index contributed by atoms with van der Waals surface area (Å²) in [6.45, 7) is 6.47. The summed E-state index contributed by atoms with van der Waals surface area (Å²) in [4.78, 5) is 10.7. The van der Waals surface area contributed by atoms with Crippen molar-refractivity contribution in [2.75, 3.05) is 40.6 Å². The number of nitrogens with zero attached hydrogens (tertiary/aromatic N) is 1. The predicted molar refractivity (Wildman–Crippen MR) is 91.7 cm³/mol. The van der Waals surface area contributed by atoms with Crippen molar-refractivity contribution >= 4 is 5.97 Å². The van der Waals surface area contributed by atoms with E-state index in [1.807, 2.05) is 0 Å². The van der Waals surface area contributed by atoms with Gasteiger partial charge in [0.15, 0.2) is 6.73 Å². The Balaban J connectivity index is 3.32.